The molecule has 104 valence electrons. The third kappa shape index (κ3) is 5.01. The number of nitro groups is 1. The van der Waals surface area contributed by atoms with Crippen molar-refractivity contribution in [2.75, 3.05) is 5.32 Å². The highest BCUT2D eigenvalue weighted by Crippen LogP contribution is 2.25. The van der Waals surface area contributed by atoms with Gasteiger partial charge in [-0.2, -0.15) is 0 Å². The molecule has 1 aromatic rings. The van der Waals surface area contributed by atoms with E-state index in [-0.39, 0.29) is 12.1 Å². The molecule has 1 amide bonds. The average Bonchev–Trinajstić information content (AvgIpc) is 2.28. The molecule has 0 aliphatic heterocycles. The predicted molar refractivity (Wildman–Crippen MR) is 69.2 cm³/mol. The Kier molecular flexibility index (Phi) is 4.55. The van der Waals surface area contributed by atoms with E-state index in [1.165, 1.54) is 6.07 Å². The molecule has 0 saturated carbocycles. The van der Waals surface area contributed by atoms with Crippen molar-refractivity contribution in [3.8, 4) is 0 Å². The number of halogens is 1. The second kappa shape index (κ2) is 5.75. The quantitative estimate of drug-likeness (QED) is 0.632. The van der Waals surface area contributed by atoms with Gasteiger partial charge in [0, 0.05) is 12.0 Å². The summed E-state index contributed by atoms with van der Waals surface area (Å²) in [5.41, 5.74) is 4.75. The topological polar surface area (TPSA) is 98.3 Å². The van der Waals surface area contributed by atoms with Gasteiger partial charge in [-0.05, 0) is 32.4 Å². The molecule has 0 radical (unpaired) electrons. The lowest BCUT2D eigenvalue weighted by molar-refractivity contribution is -0.384. The van der Waals surface area contributed by atoms with E-state index in [1.807, 2.05) is 0 Å². The summed E-state index contributed by atoms with van der Waals surface area (Å²) in [7, 11) is 0. The van der Waals surface area contributed by atoms with Gasteiger partial charge < -0.3 is 11.1 Å². The number of amides is 1. The molecule has 0 unspecified atom stereocenters. The first-order chi connectivity index (χ1) is 8.69. The number of rotatable bonds is 5. The Morgan fingerprint density at radius 2 is 2.16 bits per heavy atom. The zero-order valence-corrected chi connectivity index (χ0v) is 10.8. The third-order valence-corrected chi connectivity index (χ3v) is 2.43. The highest BCUT2D eigenvalue weighted by Gasteiger charge is 2.18. The summed E-state index contributed by atoms with van der Waals surface area (Å²) in [6.07, 6.45) is 0.575. The van der Waals surface area contributed by atoms with E-state index in [2.05, 4.69) is 5.32 Å². The molecular weight excluding hydrogens is 253 g/mol. The molecule has 7 heteroatoms. The lowest BCUT2D eigenvalue weighted by Gasteiger charge is -2.17. The summed E-state index contributed by atoms with van der Waals surface area (Å²) in [4.78, 5) is 21.6. The van der Waals surface area contributed by atoms with Gasteiger partial charge in [0.25, 0.3) is 5.69 Å². The SMILES string of the molecule is CC(C)(N)CCC(=O)Nc1ccc(F)cc1[N+](=O)[O-]. The second-order valence-corrected chi connectivity index (χ2v) is 4.96. The van der Waals surface area contributed by atoms with Crippen molar-refractivity contribution in [3.05, 3.63) is 34.1 Å². The summed E-state index contributed by atoms with van der Waals surface area (Å²) in [5.74, 6) is -1.12. The lowest BCUT2D eigenvalue weighted by atomic mass is 10.00. The first kappa shape index (κ1) is 15.0. The number of carbonyl (C=O) groups is 1. The van der Waals surface area contributed by atoms with Gasteiger partial charge in [-0.3, -0.25) is 14.9 Å². The van der Waals surface area contributed by atoms with Crippen molar-refractivity contribution in [1.29, 1.82) is 0 Å². The Labute approximate surface area is 109 Å². The molecule has 0 bridgehead atoms. The zero-order valence-electron chi connectivity index (χ0n) is 10.8. The number of hydrogen-bond acceptors (Lipinski definition) is 4. The van der Waals surface area contributed by atoms with Gasteiger partial charge in [-0.25, -0.2) is 4.39 Å². The maximum absolute atomic E-state index is 12.9. The highest BCUT2D eigenvalue weighted by molar-refractivity contribution is 5.93. The van der Waals surface area contributed by atoms with Crippen LogP contribution in [-0.2, 0) is 4.79 Å². The number of hydrogen-bond donors (Lipinski definition) is 2. The molecule has 0 aliphatic rings. The van der Waals surface area contributed by atoms with E-state index in [9.17, 15) is 19.3 Å². The van der Waals surface area contributed by atoms with E-state index in [4.69, 9.17) is 5.73 Å². The van der Waals surface area contributed by atoms with Crippen LogP contribution in [0.1, 0.15) is 26.7 Å². The van der Waals surface area contributed by atoms with Crippen LogP contribution in [0.15, 0.2) is 18.2 Å². The van der Waals surface area contributed by atoms with E-state index >= 15 is 0 Å². The Hall–Kier alpha value is -2.02. The normalized spacial score (nSPS) is 11.2. The smallest absolute Gasteiger partial charge is 0.295 e. The number of carbonyl (C=O) groups excluding carboxylic acids is 1. The molecule has 0 atom stereocenters. The molecule has 0 saturated heterocycles. The van der Waals surface area contributed by atoms with E-state index < -0.39 is 27.9 Å². The van der Waals surface area contributed by atoms with Gasteiger partial charge in [-0.15, -0.1) is 0 Å². The summed E-state index contributed by atoms with van der Waals surface area (Å²) >= 11 is 0. The van der Waals surface area contributed by atoms with Gasteiger partial charge in [0.05, 0.1) is 11.0 Å². The zero-order chi connectivity index (χ0) is 14.6. The number of nitro benzene ring substituents is 1. The van der Waals surface area contributed by atoms with Crippen LogP contribution in [0.2, 0.25) is 0 Å². The molecule has 0 aromatic heterocycles. The fourth-order valence-corrected chi connectivity index (χ4v) is 1.41. The summed E-state index contributed by atoms with van der Waals surface area (Å²) in [6, 6.07) is 2.98. The molecule has 3 N–H and O–H groups in total. The minimum Gasteiger partial charge on any atom is -0.326 e. The monoisotopic (exact) mass is 269 g/mol. The fraction of sp³-hybridized carbons (Fsp3) is 0.417. The maximum Gasteiger partial charge on any atom is 0.295 e. The van der Waals surface area contributed by atoms with E-state index in [0.717, 1.165) is 12.1 Å². The standard InChI is InChI=1S/C12H16FN3O3/c1-12(2,14)6-5-11(17)15-9-4-3-8(13)7-10(9)16(18)19/h3-4,7H,5-6,14H2,1-2H3,(H,15,17). The minimum atomic E-state index is -0.744. The molecule has 19 heavy (non-hydrogen) atoms. The van der Waals surface area contributed by atoms with Gasteiger partial charge in [0.1, 0.15) is 11.5 Å². The largest absolute Gasteiger partial charge is 0.326 e. The van der Waals surface area contributed by atoms with Crippen molar-refractivity contribution < 1.29 is 14.1 Å². The Morgan fingerprint density at radius 1 is 1.53 bits per heavy atom. The molecule has 1 aromatic carbocycles. The molecule has 1 rings (SSSR count). The maximum atomic E-state index is 12.9. The Bertz CT molecular complexity index is 497. The van der Waals surface area contributed by atoms with Crippen molar-refractivity contribution in [2.24, 2.45) is 5.73 Å². The average molecular weight is 269 g/mol. The highest BCUT2D eigenvalue weighted by atomic mass is 19.1. The van der Waals surface area contributed by atoms with E-state index in [1.54, 1.807) is 13.8 Å². The summed E-state index contributed by atoms with van der Waals surface area (Å²) < 4.78 is 12.9. The molecule has 6 nitrogen and oxygen atoms in total. The van der Waals surface area contributed by atoms with Crippen molar-refractivity contribution in [3.63, 3.8) is 0 Å². The molecule has 0 heterocycles. The second-order valence-electron chi connectivity index (χ2n) is 4.96. The molecule has 0 aliphatic carbocycles. The molecule has 0 spiro atoms. The summed E-state index contributed by atoms with van der Waals surface area (Å²) in [5, 5.41) is 13.1. The van der Waals surface area contributed by atoms with Gasteiger partial charge in [0.15, 0.2) is 0 Å². The van der Waals surface area contributed by atoms with Crippen LogP contribution in [0.3, 0.4) is 0 Å². The van der Waals surface area contributed by atoms with Crippen LogP contribution in [0, 0.1) is 15.9 Å². The number of benzene rings is 1. The van der Waals surface area contributed by atoms with Crippen molar-refractivity contribution in [2.45, 2.75) is 32.2 Å². The van der Waals surface area contributed by atoms with Gasteiger partial charge >= 0.3 is 0 Å². The predicted octanol–water partition coefficient (Wildman–Crippen LogP) is 2.19. The van der Waals surface area contributed by atoms with Gasteiger partial charge in [0.2, 0.25) is 5.91 Å². The minimum absolute atomic E-state index is 0.0220. The van der Waals surface area contributed by atoms with Crippen molar-refractivity contribution in [1.82, 2.24) is 0 Å². The van der Waals surface area contributed by atoms with Crippen LogP contribution in [0.5, 0.6) is 0 Å². The van der Waals surface area contributed by atoms with E-state index in [0.29, 0.717) is 6.42 Å². The number of nitrogens with two attached hydrogens (primary N) is 1. The van der Waals surface area contributed by atoms with Crippen LogP contribution < -0.4 is 11.1 Å². The Balaban J connectivity index is 2.77. The molecular formula is C12H16FN3O3. The number of nitrogens with one attached hydrogen (secondary N) is 1. The lowest BCUT2D eigenvalue weighted by Crippen LogP contribution is -2.33. The first-order valence-corrected chi connectivity index (χ1v) is 5.72. The Morgan fingerprint density at radius 3 is 2.68 bits per heavy atom. The van der Waals surface area contributed by atoms with Gasteiger partial charge in [-0.1, -0.05) is 0 Å². The van der Waals surface area contributed by atoms with Crippen LogP contribution in [0.25, 0.3) is 0 Å². The third-order valence-electron chi connectivity index (χ3n) is 2.43. The molecule has 0 fully saturated rings. The van der Waals surface area contributed by atoms with Crippen molar-refractivity contribution >= 4 is 17.3 Å². The van der Waals surface area contributed by atoms with Crippen LogP contribution in [0.4, 0.5) is 15.8 Å². The first-order valence-electron chi connectivity index (χ1n) is 5.72. The number of nitrogens with zero attached hydrogens (tertiary/aromatic N) is 1. The van der Waals surface area contributed by atoms with Crippen LogP contribution in [-0.4, -0.2) is 16.4 Å². The van der Waals surface area contributed by atoms with Crippen LogP contribution >= 0.6 is 0 Å². The summed E-state index contributed by atoms with van der Waals surface area (Å²) in [6.45, 7) is 3.56. The number of anilines is 1. The fourth-order valence-electron chi connectivity index (χ4n) is 1.41.